The fourth-order valence-electron chi connectivity index (χ4n) is 2.48. The van der Waals surface area contributed by atoms with Crippen molar-refractivity contribution in [2.24, 2.45) is 0 Å². The molecule has 0 atom stereocenters. The zero-order valence-corrected chi connectivity index (χ0v) is 12.0. The van der Waals surface area contributed by atoms with Crippen molar-refractivity contribution in [1.29, 1.82) is 0 Å². The van der Waals surface area contributed by atoms with Gasteiger partial charge in [-0.05, 0) is 39.7 Å². The number of rotatable bonds is 8. The van der Waals surface area contributed by atoms with Crippen LogP contribution >= 0.6 is 0 Å². The molecule has 0 heterocycles. The highest BCUT2D eigenvalue weighted by atomic mass is 16.4. The molecule has 0 radical (unpaired) electrons. The SMILES string of the molecule is CC(C)N(CCCC(=O)O)CC(=O)NC1CCCC1. The van der Waals surface area contributed by atoms with Gasteiger partial charge in [-0.2, -0.15) is 0 Å². The zero-order chi connectivity index (χ0) is 14.3. The molecule has 1 saturated carbocycles. The quantitative estimate of drug-likeness (QED) is 0.703. The van der Waals surface area contributed by atoms with Gasteiger partial charge in [0.15, 0.2) is 0 Å². The first-order valence-electron chi connectivity index (χ1n) is 7.24. The summed E-state index contributed by atoms with van der Waals surface area (Å²) in [6.45, 7) is 5.09. The van der Waals surface area contributed by atoms with Crippen molar-refractivity contribution < 1.29 is 14.7 Å². The summed E-state index contributed by atoms with van der Waals surface area (Å²) in [5, 5.41) is 11.7. The van der Waals surface area contributed by atoms with Gasteiger partial charge in [0.25, 0.3) is 0 Å². The lowest BCUT2D eigenvalue weighted by atomic mass is 10.2. The minimum absolute atomic E-state index is 0.0657. The van der Waals surface area contributed by atoms with Gasteiger partial charge in [0.05, 0.1) is 6.54 Å². The molecule has 2 N–H and O–H groups in total. The molecule has 0 saturated heterocycles. The lowest BCUT2D eigenvalue weighted by molar-refractivity contribution is -0.137. The summed E-state index contributed by atoms with van der Waals surface area (Å²) in [6.07, 6.45) is 5.34. The third-order valence-corrected chi connectivity index (χ3v) is 3.63. The van der Waals surface area contributed by atoms with Crippen LogP contribution in [-0.4, -0.2) is 47.1 Å². The number of nitrogens with zero attached hydrogens (tertiary/aromatic N) is 1. The Kier molecular flexibility index (Phi) is 6.84. The van der Waals surface area contributed by atoms with E-state index >= 15 is 0 Å². The molecule has 0 aliphatic heterocycles. The molecule has 1 aliphatic carbocycles. The second kappa shape index (κ2) is 8.15. The highest BCUT2D eigenvalue weighted by Gasteiger charge is 2.19. The van der Waals surface area contributed by atoms with E-state index in [1.165, 1.54) is 12.8 Å². The Labute approximate surface area is 115 Å². The predicted octanol–water partition coefficient (Wildman–Crippen LogP) is 1.62. The van der Waals surface area contributed by atoms with Crippen molar-refractivity contribution in [2.75, 3.05) is 13.1 Å². The monoisotopic (exact) mass is 270 g/mol. The van der Waals surface area contributed by atoms with Crippen LogP contribution in [0.25, 0.3) is 0 Å². The second-order valence-electron chi connectivity index (χ2n) is 5.61. The molecule has 0 unspecified atom stereocenters. The predicted molar refractivity (Wildman–Crippen MR) is 74.0 cm³/mol. The molecule has 5 nitrogen and oxygen atoms in total. The van der Waals surface area contributed by atoms with Crippen LogP contribution in [0, 0.1) is 0 Å². The smallest absolute Gasteiger partial charge is 0.303 e. The van der Waals surface area contributed by atoms with Gasteiger partial charge in [0.2, 0.25) is 5.91 Å². The van der Waals surface area contributed by atoms with E-state index in [4.69, 9.17) is 5.11 Å². The van der Waals surface area contributed by atoms with E-state index in [-0.39, 0.29) is 18.4 Å². The Bertz CT molecular complexity index is 299. The molecule has 1 rings (SSSR count). The first-order chi connectivity index (χ1) is 8.99. The first-order valence-corrected chi connectivity index (χ1v) is 7.24. The number of carboxylic acid groups (broad SMARTS) is 1. The minimum atomic E-state index is -0.779. The van der Waals surface area contributed by atoms with Crippen LogP contribution in [0.1, 0.15) is 52.4 Å². The Morgan fingerprint density at radius 1 is 1.32 bits per heavy atom. The van der Waals surface area contributed by atoms with E-state index < -0.39 is 5.97 Å². The maximum Gasteiger partial charge on any atom is 0.303 e. The number of hydrogen-bond donors (Lipinski definition) is 2. The number of carboxylic acids is 1. The summed E-state index contributed by atoms with van der Waals surface area (Å²) in [7, 11) is 0. The lowest BCUT2D eigenvalue weighted by Crippen LogP contribution is -2.44. The first kappa shape index (κ1) is 16.0. The molecular formula is C14H26N2O3. The minimum Gasteiger partial charge on any atom is -0.481 e. The maximum absolute atomic E-state index is 11.9. The van der Waals surface area contributed by atoms with E-state index in [2.05, 4.69) is 5.32 Å². The van der Waals surface area contributed by atoms with Crippen LogP contribution in [0.2, 0.25) is 0 Å². The van der Waals surface area contributed by atoms with E-state index in [0.29, 0.717) is 25.6 Å². The van der Waals surface area contributed by atoms with Crippen LogP contribution in [0.5, 0.6) is 0 Å². The largest absolute Gasteiger partial charge is 0.481 e. The van der Waals surface area contributed by atoms with Gasteiger partial charge >= 0.3 is 5.97 Å². The van der Waals surface area contributed by atoms with Crippen LogP contribution in [0.3, 0.4) is 0 Å². The molecule has 1 aliphatic rings. The van der Waals surface area contributed by atoms with E-state index in [0.717, 1.165) is 12.8 Å². The maximum atomic E-state index is 11.9. The number of nitrogens with one attached hydrogen (secondary N) is 1. The highest BCUT2D eigenvalue weighted by molar-refractivity contribution is 5.78. The summed E-state index contributed by atoms with van der Waals surface area (Å²) in [4.78, 5) is 24.5. The summed E-state index contributed by atoms with van der Waals surface area (Å²) in [5.74, 6) is -0.713. The second-order valence-corrected chi connectivity index (χ2v) is 5.61. The number of aliphatic carboxylic acids is 1. The van der Waals surface area contributed by atoms with Crippen molar-refractivity contribution >= 4 is 11.9 Å². The third kappa shape index (κ3) is 6.57. The van der Waals surface area contributed by atoms with Gasteiger partial charge in [0, 0.05) is 18.5 Å². The topological polar surface area (TPSA) is 69.6 Å². The number of carbonyl (C=O) groups is 2. The highest BCUT2D eigenvalue weighted by Crippen LogP contribution is 2.17. The molecule has 0 aromatic heterocycles. The van der Waals surface area contributed by atoms with Crippen molar-refractivity contribution in [2.45, 2.75) is 64.5 Å². The van der Waals surface area contributed by atoms with Gasteiger partial charge < -0.3 is 10.4 Å². The van der Waals surface area contributed by atoms with Gasteiger partial charge in [-0.15, -0.1) is 0 Å². The van der Waals surface area contributed by atoms with Gasteiger partial charge in [-0.1, -0.05) is 12.8 Å². The van der Waals surface area contributed by atoms with E-state index in [1.807, 2.05) is 18.7 Å². The van der Waals surface area contributed by atoms with Crippen LogP contribution in [0.15, 0.2) is 0 Å². The zero-order valence-electron chi connectivity index (χ0n) is 12.0. The third-order valence-electron chi connectivity index (χ3n) is 3.63. The molecule has 0 aromatic carbocycles. The van der Waals surface area contributed by atoms with Crippen LogP contribution in [0.4, 0.5) is 0 Å². The van der Waals surface area contributed by atoms with Crippen molar-refractivity contribution in [3.63, 3.8) is 0 Å². The summed E-state index contributed by atoms with van der Waals surface area (Å²) >= 11 is 0. The number of amides is 1. The fraction of sp³-hybridized carbons (Fsp3) is 0.857. The molecule has 0 bridgehead atoms. The average Bonchev–Trinajstić information content (AvgIpc) is 2.79. The van der Waals surface area contributed by atoms with Crippen molar-refractivity contribution in [1.82, 2.24) is 10.2 Å². The number of hydrogen-bond acceptors (Lipinski definition) is 3. The molecular weight excluding hydrogens is 244 g/mol. The van der Waals surface area contributed by atoms with Gasteiger partial charge in [-0.25, -0.2) is 0 Å². The van der Waals surface area contributed by atoms with Gasteiger partial charge in [-0.3, -0.25) is 14.5 Å². The van der Waals surface area contributed by atoms with Crippen molar-refractivity contribution in [3.8, 4) is 0 Å². The van der Waals surface area contributed by atoms with E-state index in [1.54, 1.807) is 0 Å². The summed E-state index contributed by atoms with van der Waals surface area (Å²) in [5.41, 5.74) is 0. The molecule has 0 spiro atoms. The van der Waals surface area contributed by atoms with Crippen molar-refractivity contribution in [3.05, 3.63) is 0 Å². The van der Waals surface area contributed by atoms with Crippen LogP contribution < -0.4 is 5.32 Å². The molecule has 1 amide bonds. The molecule has 0 aromatic rings. The normalized spacial score (nSPS) is 16.2. The Hall–Kier alpha value is -1.10. The fourth-order valence-corrected chi connectivity index (χ4v) is 2.48. The molecule has 5 heteroatoms. The van der Waals surface area contributed by atoms with Crippen LogP contribution in [-0.2, 0) is 9.59 Å². The van der Waals surface area contributed by atoms with Gasteiger partial charge in [0.1, 0.15) is 0 Å². The Morgan fingerprint density at radius 3 is 2.47 bits per heavy atom. The lowest BCUT2D eigenvalue weighted by Gasteiger charge is -2.26. The molecule has 1 fully saturated rings. The molecule has 19 heavy (non-hydrogen) atoms. The summed E-state index contributed by atoms with van der Waals surface area (Å²) in [6, 6.07) is 0.601. The standard InChI is InChI=1S/C14H26N2O3/c1-11(2)16(9-5-8-14(18)19)10-13(17)15-12-6-3-4-7-12/h11-12H,3-10H2,1-2H3,(H,15,17)(H,18,19). The molecule has 110 valence electrons. The average molecular weight is 270 g/mol. The Morgan fingerprint density at radius 2 is 1.95 bits per heavy atom. The number of carbonyl (C=O) groups excluding carboxylic acids is 1. The summed E-state index contributed by atoms with van der Waals surface area (Å²) < 4.78 is 0. The van der Waals surface area contributed by atoms with E-state index in [9.17, 15) is 9.59 Å². The Balaban J connectivity index is 2.30.